The molecule has 1 heterocycles. The molecule has 26 heavy (non-hydrogen) atoms. The van der Waals surface area contributed by atoms with Crippen molar-refractivity contribution in [2.24, 2.45) is 5.73 Å². The minimum absolute atomic E-state index is 0.107. The zero-order valence-corrected chi connectivity index (χ0v) is 15.1. The Morgan fingerprint density at radius 1 is 1.27 bits per heavy atom. The summed E-state index contributed by atoms with van der Waals surface area (Å²) in [4.78, 5) is 27.9. The van der Waals surface area contributed by atoms with Gasteiger partial charge in [-0.25, -0.2) is 0 Å². The van der Waals surface area contributed by atoms with Gasteiger partial charge in [0.1, 0.15) is 5.75 Å². The third-order valence-corrected chi connectivity index (χ3v) is 4.37. The summed E-state index contributed by atoms with van der Waals surface area (Å²) in [6.07, 6.45) is -0.855. The van der Waals surface area contributed by atoms with Crippen molar-refractivity contribution < 1.29 is 14.3 Å². The van der Waals surface area contributed by atoms with Gasteiger partial charge in [0.2, 0.25) is 5.91 Å². The molecule has 7 heteroatoms. The molecular weight excluding hydrogens is 354 g/mol. The van der Waals surface area contributed by atoms with E-state index in [4.69, 9.17) is 22.1 Å². The number of likely N-dealkylation sites (N-methyl/N-ethyl adjacent to an activating group) is 1. The molecule has 1 aliphatic rings. The van der Waals surface area contributed by atoms with Gasteiger partial charge in [-0.2, -0.15) is 0 Å². The zero-order chi connectivity index (χ0) is 18.7. The van der Waals surface area contributed by atoms with Gasteiger partial charge in [-0.05, 0) is 36.9 Å². The molecule has 2 aromatic rings. The van der Waals surface area contributed by atoms with Crippen LogP contribution in [0, 0.1) is 0 Å². The summed E-state index contributed by atoms with van der Waals surface area (Å²) in [6.45, 7) is 0.875. The molecule has 0 aliphatic carbocycles. The Kier molecular flexibility index (Phi) is 5.44. The summed E-state index contributed by atoms with van der Waals surface area (Å²) >= 11 is 6.01. The first-order valence-electron chi connectivity index (χ1n) is 8.22. The molecule has 0 bridgehead atoms. The van der Waals surface area contributed by atoms with E-state index in [9.17, 15) is 9.59 Å². The van der Waals surface area contributed by atoms with Crippen LogP contribution in [0.4, 0.5) is 5.69 Å². The number of nitrogens with zero attached hydrogens (tertiary/aromatic N) is 2. The van der Waals surface area contributed by atoms with Crippen LogP contribution in [0.1, 0.15) is 5.56 Å². The first-order valence-corrected chi connectivity index (χ1v) is 8.60. The van der Waals surface area contributed by atoms with E-state index in [1.54, 1.807) is 23.1 Å². The molecule has 2 aromatic carbocycles. The number of nitrogens with two attached hydrogens (primary N) is 1. The minimum Gasteiger partial charge on any atom is -0.477 e. The van der Waals surface area contributed by atoms with E-state index >= 15 is 0 Å². The van der Waals surface area contributed by atoms with Crippen molar-refractivity contribution in [3.05, 3.63) is 59.1 Å². The van der Waals surface area contributed by atoms with Crippen molar-refractivity contribution in [1.82, 2.24) is 4.90 Å². The predicted octanol–water partition coefficient (Wildman–Crippen LogP) is 2.05. The van der Waals surface area contributed by atoms with E-state index in [1.807, 2.05) is 42.3 Å². The Labute approximate surface area is 157 Å². The van der Waals surface area contributed by atoms with Gasteiger partial charge in [0.05, 0.1) is 18.8 Å². The van der Waals surface area contributed by atoms with Crippen molar-refractivity contribution in [3.8, 4) is 5.75 Å². The topological polar surface area (TPSA) is 75.9 Å². The lowest BCUT2D eigenvalue weighted by Crippen LogP contribution is -2.51. The van der Waals surface area contributed by atoms with Crippen LogP contribution in [0.2, 0.25) is 5.02 Å². The number of hydrogen-bond acceptors (Lipinski definition) is 4. The van der Waals surface area contributed by atoms with Gasteiger partial charge < -0.3 is 15.4 Å². The number of anilines is 1. The van der Waals surface area contributed by atoms with Gasteiger partial charge in [0.25, 0.3) is 5.91 Å². The number of primary amides is 1. The minimum atomic E-state index is -0.855. The van der Waals surface area contributed by atoms with Gasteiger partial charge in [-0.15, -0.1) is 0 Å². The maximum Gasteiger partial charge on any atom is 0.260 e. The summed E-state index contributed by atoms with van der Waals surface area (Å²) in [5.74, 6) is -0.241. The second-order valence-electron chi connectivity index (χ2n) is 6.28. The molecule has 0 fully saturated rings. The number of hydrogen-bond donors (Lipinski definition) is 1. The van der Waals surface area contributed by atoms with Gasteiger partial charge in [0, 0.05) is 11.6 Å². The number of fused-ring (bicyclic) bond motifs is 1. The fraction of sp³-hybridized carbons (Fsp3) is 0.263. The van der Waals surface area contributed by atoms with Crippen LogP contribution in [-0.4, -0.2) is 43.0 Å². The lowest BCUT2D eigenvalue weighted by molar-refractivity contribution is -0.125. The zero-order valence-electron chi connectivity index (χ0n) is 14.4. The molecule has 136 valence electrons. The molecule has 1 aliphatic heterocycles. The molecular formula is C19H20ClN3O3. The molecule has 0 radical (unpaired) electrons. The third-order valence-electron chi connectivity index (χ3n) is 4.14. The standard InChI is InChI=1S/C19H20ClN3O3/c1-22(10-13-5-4-6-14(20)9-13)12-18(24)23-11-17(19(21)25)26-16-8-3-2-7-15(16)23/h2-9,17H,10-12H2,1H3,(H2,21,25)/t17-/m0/s1. The Morgan fingerprint density at radius 2 is 2.04 bits per heavy atom. The molecule has 0 unspecified atom stereocenters. The molecule has 2 amide bonds. The predicted molar refractivity (Wildman–Crippen MR) is 100 cm³/mol. The molecule has 0 spiro atoms. The highest BCUT2D eigenvalue weighted by molar-refractivity contribution is 6.30. The number of ether oxygens (including phenoxy) is 1. The molecule has 0 aromatic heterocycles. The summed E-state index contributed by atoms with van der Waals surface area (Å²) in [7, 11) is 1.86. The van der Waals surface area contributed by atoms with Gasteiger partial charge >= 0.3 is 0 Å². The monoisotopic (exact) mass is 373 g/mol. The highest BCUT2D eigenvalue weighted by Crippen LogP contribution is 2.33. The maximum atomic E-state index is 12.8. The normalized spacial score (nSPS) is 16.1. The van der Waals surface area contributed by atoms with Crippen LogP contribution in [0.15, 0.2) is 48.5 Å². The SMILES string of the molecule is CN(CC(=O)N1C[C@@H](C(N)=O)Oc2ccccc21)Cc1cccc(Cl)c1. The van der Waals surface area contributed by atoms with Crippen molar-refractivity contribution in [2.45, 2.75) is 12.6 Å². The van der Waals surface area contributed by atoms with Crippen LogP contribution in [0.25, 0.3) is 0 Å². The average molecular weight is 374 g/mol. The lowest BCUT2D eigenvalue weighted by atomic mass is 10.1. The number of amides is 2. The fourth-order valence-electron chi connectivity index (χ4n) is 2.94. The molecule has 6 nitrogen and oxygen atoms in total. The highest BCUT2D eigenvalue weighted by atomic mass is 35.5. The molecule has 1 atom stereocenters. The van der Waals surface area contributed by atoms with E-state index in [2.05, 4.69) is 0 Å². The summed E-state index contributed by atoms with van der Waals surface area (Å²) in [6, 6.07) is 14.6. The fourth-order valence-corrected chi connectivity index (χ4v) is 3.15. The number of carbonyl (C=O) groups excluding carboxylic acids is 2. The Bertz CT molecular complexity index is 827. The quantitative estimate of drug-likeness (QED) is 0.870. The van der Waals surface area contributed by atoms with Gasteiger partial charge in [0.15, 0.2) is 6.10 Å². The van der Waals surface area contributed by atoms with E-state index in [-0.39, 0.29) is 19.0 Å². The first kappa shape index (κ1) is 18.2. The first-order chi connectivity index (χ1) is 12.4. The highest BCUT2D eigenvalue weighted by Gasteiger charge is 2.32. The van der Waals surface area contributed by atoms with E-state index in [1.165, 1.54) is 0 Å². The largest absolute Gasteiger partial charge is 0.477 e. The molecule has 2 N–H and O–H groups in total. The van der Waals surface area contributed by atoms with Crippen LogP contribution < -0.4 is 15.4 Å². The number of para-hydroxylation sites is 2. The number of halogens is 1. The average Bonchev–Trinajstić information content (AvgIpc) is 2.60. The Morgan fingerprint density at radius 3 is 2.77 bits per heavy atom. The summed E-state index contributed by atoms with van der Waals surface area (Å²) in [5.41, 5.74) is 7.04. The Hall–Kier alpha value is -2.57. The maximum absolute atomic E-state index is 12.8. The van der Waals surface area contributed by atoms with Crippen molar-refractivity contribution >= 4 is 29.1 Å². The van der Waals surface area contributed by atoms with Crippen LogP contribution >= 0.6 is 11.6 Å². The van der Waals surface area contributed by atoms with E-state index < -0.39 is 12.0 Å². The smallest absolute Gasteiger partial charge is 0.260 e. The molecule has 0 saturated carbocycles. The number of benzene rings is 2. The van der Waals surface area contributed by atoms with Crippen molar-refractivity contribution in [2.75, 3.05) is 25.0 Å². The Balaban J connectivity index is 1.73. The van der Waals surface area contributed by atoms with Crippen LogP contribution in [0.5, 0.6) is 5.75 Å². The van der Waals surface area contributed by atoms with Crippen LogP contribution in [0.3, 0.4) is 0 Å². The number of carbonyl (C=O) groups is 2. The van der Waals surface area contributed by atoms with E-state index in [0.29, 0.717) is 23.0 Å². The third kappa shape index (κ3) is 4.15. The molecule has 3 rings (SSSR count). The molecule has 0 saturated heterocycles. The van der Waals surface area contributed by atoms with E-state index in [0.717, 1.165) is 5.56 Å². The second-order valence-corrected chi connectivity index (χ2v) is 6.72. The lowest BCUT2D eigenvalue weighted by Gasteiger charge is -2.34. The number of rotatable bonds is 5. The van der Waals surface area contributed by atoms with Crippen molar-refractivity contribution in [1.29, 1.82) is 0 Å². The van der Waals surface area contributed by atoms with Crippen LogP contribution in [-0.2, 0) is 16.1 Å². The summed E-state index contributed by atoms with van der Waals surface area (Å²) in [5, 5.41) is 0.661. The second kappa shape index (κ2) is 7.76. The summed E-state index contributed by atoms with van der Waals surface area (Å²) < 4.78 is 5.59. The van der Waals surface area contributed by atoms with Gasteiger partial charge in [-0.1, -0.05) is 35.9 Å². The van der Waals surface area contributed by atoms with Gasteiger partial charge in [-0.3, -0.25) is 14.5 Å². The van der Waals surface area contributed by atoms with Crippen molar-refractivity contribution in [3.63, 3.8) is 0 Å².